The zero-order chi connectivity index (χ0) is 15.0. The first-order valence-electron chi connectivity index (χ1n) is 6.86. The van der Waals surface area contributed by atoms with Gasteiger partial charge in [-0.3, -0.25) is 4.79 Å². The summed E-state index contributed by atoms with van der Waals surface area (Å²) in [6.07, 6.45) is -0.638. The van der Waals surface area contributed by atoms with Crippen molar-refractivity contribution in [1.82, 2.24) is 15.0 Å². The van der Waals surface area contributed by atoms with Crippen molar-refractivity contribution in [2.75, 3.05) is 0 Å². The summed E-state index contributed by atoms with van der Waals surface area (Å²) in [7, 11) is 0. The Balaban J connectivity index is 1.77. The molecule has 3 rings (SSSR count). The van der Waals surface area contributed by atoms with Gasteiger partial charge < -0.3 is 4.98 Å². The summed E-state index contributed by atoms with van der Waals surface area (Å²) in [5.41, 5.74) is 0.869. The average molecular weight is 297 g/mol. The molecule has 1 fully saturated rings. The van der Waals surface area contributed by atoms with Crippen LogP contribution in [0.3, 0.4) is 0 Å². The Labute approximate surface area is 118 Å². The van der Waals surface area contributed by atoms with Gasteiger partial charge >= 0.3 is 6.18 Å². The van der Waals surface area contributed by atoms with E-state index in [2.05, 4.69) is 15.0 Å². The highest BCUT2D eigenvalue weighted by Crippen LogP contribution is 2.40. The highest BCUT2D eigenvalue weighted by molar-refractivity contribution is 6.05. The number of hydrogen-bond acceptors (Lipinski definition) is 3. The molecule has 0 saturated heterocycles. The maximum absolute atomic E-state index is 12.6. The molecule has 0 aromatic carbocycles. The van der Waals surface area contributed by atoms with Gasteiger partial charge in [-0.15, -0.1) is 0 Å². The van der Waals surface area contributed by atoms with Crippen LogP contribution < -0.4 is 0 Å². The molecular formula is C14H14F3N3O. The maximum atomic E-state index is 12.6. The molecule has 1 aliphatic rings. The van der Waals surface area contributed by atoms with Gasteiger partial charge in [0.05, 0.1) is 5.92 Å². The van der Waals surface area contributed by atoms with Crippen LogP contribution in [0.5, 0.6) is 0 Å². The van der Waals surface area contributed by atoms with Crippen molar-refractivity contribution in [3.63, 3.8) is 0 Å². The second kappa shape index (κ2) is 5.13. The molecule has 0 atom stereocenters. The van der Waals surface area contributed by atoms with Crippen LogP contribution in [0.4, 0.5) is 13.2 Å². The van der Waals surface area contributed by atoms with E-state index in [1.807, 2.05) is 0 Å². The van der Waals surface area contributed by atoms with Gasteiger partial charge in [0.1, 0.15) is 17.7 Å². The quantitative estimate of drug-likeness (QED) is 0.863. The minimum Gasteiger partial charge on any atom is -0.346 e. The van der Waals surface area contributed by atoms with Gasteiger partial charge in [-0.1, -0.05) is 0 Å². The molecule has 0 aliphatic heterocycles. The smallest absolute Gasteiger partial charge is 0.346 e. The summed E-state index contributed by atoms with van der Waals surface area (Å²) < 4.78 is 37.9. The van der Waals surface area contributed by atoms with Crippen LogP contribution in [-0.4, -0.2) is 26.9 Å². The van der Waals surface area contributed by atoms with Gasteiger partial charge in [0, 0.05) is 17.5 Å². The second-order valence-electron chi connectivity index (χ2n) is 5.42. The summed E-state index contributed by atoms with van der Waals surface area (Å²) in [5.74, 6) is -1.83. The van der Waals surface area contributed by atoms with Crippen molar-refractivity contribution in [3.05, 3.63) is 24.3 Å². The third-order valence-corrected chi connectivity index (χ3v) is 4.15. The molecule has 2 aromatic rings. The first-order valence-corrected chi connectivity index (χ1v) is 6.86. The number of carbonyl (C=O) groups is 1. The molecule has 1 saturated carbocycles. The summed E-state index contributed by atoms with van der Waals surface area (Å²) in [5, 5.41) is 0.625. The summed E-state index contributed by atoms with van der Waals surface area (Å²) >= 11 is 0. The van der Waals surface area contributed by atoms with Crippen LogP contribution >= 0.6 is 0 Å². The van der Waals surface area contributed by atoms with Crippen molar-refractivity contribution >= 4 is 16.8 Å². The predicted molar refractivity (Wildman–Crippen MR) is 69.7 cm³/mol. The standard InChI is InChI=1S/C14H14F3N3O/c15-14(16,17)9-3-1-8(2-4-9)12(21)11-10-5-6-18-13(10)20-7-19-11/h5-9H,1-4H2,(H,18,19,20). The maximum Gasteiger partial charge on any atom is 0.391 e. The lowest BCUT2D eigenvalue weighted by Gasteiger charge is -2.28. The van der Waals surface area contributed by atoms with E-state index in [0.717, 1.165) is 0 Å². The normalized spacial score (nSPS) is 23.4. The number of nitrogens with zero attached hydrogens (tertiary/aromatic N) is 2. The third-order valence-electron chi connectivity index (χ3n) is 4.15. The van der Waals surface area contributed by atoms with Crippen molar-refractivity contribution in [2.45, 2.75) is 31.9 Å². The number of aromatic amines is 1. The van der Waals surface area contributed by atoms with E-state index in [1.165, 1.54) is 6.33 Å². The largest absolute Gasteiger partial charge is 0.391 e. The van der Waals surface area contributed by atoms with Gasteiger partial charge in [0.2, 0.25) is 0 Å². The third kappa shape index (κ3) is 2.64. The zero-order valence-electron chi connectivity index (χ0n) is 11.2. The predicted octanol–water partition coefficient (Wildman–Crippen LogP) is 3.51. The fourth-order valence-corrected chi connectivity index (χ4v) is 2.95. The van der Waals surface area contributed by atoms with E-state index in [4.69, 9.17) is 0 Å². The van der Waals surface area contributed by atoms with Crippen LogP contribution in [0.2, 0.25) is 0 Å². The van der Waals surface area contributed by atoms with Gasteiger partial charge in [0.25, 0.3) is 0 Å². The number of nitrogens with one attached hydrogen (secondary N) is 1. The Kier molecular flexibility index (Phi) is 3.43. The molecule has 1 aliphatic carbocycles. The molecule has 0 bridgehead atoms. The fourth-order valence-electron chi connectivity index (χ4n) is 2.95. The molecule has 1 N–H and O–H groups in total. The Bertz CT molecular complexity index is 657. The SMILES string of the molecule is O=C(c1ncnc2[nH]ccc12)C1CCC(C(F)(F)F)CC1. The lowest BCUT2D eigenvalue weighted by Crippen LogP contribution is -2.30. The van der Waals surface area contributed by atoms with Gasteiger partial charge in [-0.25, -0.2) is 9.97 Å². The molecular weight excluding hydrogens is 283 g/mol. The first-order chi connectivity index (χ1) is 9.97. The molecule has 21 heavy (non-hydrogen) atoms. The molecule has 2 aromatic heterocycles. The highest BCUT2D eigenvalue weighted by atomic mass is 19.4. The molecule has 0 amide bonds. The van der Waals surface area contributed by atoms with Gasteiger partial charge in [-0.2, -0.15) is 13.2 Å². The number of halogens is 3. The fraction of sp³-hybridized carbons (Fsp3) is 0.500. The molecule has 0 unspecified atom stereocenters. The number of carbonyl (C=O) groups excluding carboxylic acids is 1. The number of hydrogen-bond donors (Lipinski definition) is 1. The van der Waals surface area contributed by atoms with Crippen molar-refractivity contribution in [1.29, 1.82) is 0 Å². The zero-order valence-corrected chi connectivity index (χ0v) is 11.2. The molecule has 0 spiro atoms. The Morgan fingerprint density at radius 3 is 2.57 bits per heavy atom. The Morgan fingerprint density at radius 1 is 1.19 bits per heavy atom. The van der Waals surface area contributed by atoms with E-state index in [0.29, 0.717) is 16.7 Å². The number of rotatable bonds is 2. The summed E-state index contributed by atoms with van der Waals surface area (Å²) in [6, 6.07) is 1.71. The van der Waals surface area contributed by atoms with E-state index < -0.39 is 12.1 Å². The number of Topliss-reactive ketones (excluding diaryl/α,β-unsaturated/α-hetero) is 1. The summed E-state index contributed by atoms with van der Waals surface area (Å²) in [6.45, 7) is 0. The van der Waals surface area contributed by atoms with Crippen molar-refractivity contribution < 1.29 is 18.0 Å². The van der Waals surface area contributed by atoms with Crippen LogP contribution in [0.15, 0.2) is 18.6 Å². The van der Waals surface area contributed by atoms with Crippen LogP contribution in [0.25, 0.3) is 11.0 Å². The second-order valence-corrected chi connectivity index (χ2v) is 5.42. The lowest BCUT2D eigenvalue weighted by atomic mass is 9.79. The molecule has 4 nitrogen and oxygen atoms in total. The van der Waals surface area contributed by atoms with Crippen LogP contribution in [0, 0.1) is 11.8 Å². The van der Waals surface area contributed by atoms with Crippen LogP contribution in [0.1, 0.15) is 36.2 Å². The highest BCUT2D eigenvalue weighted by Gasteiger charge is 2.42. The molecule has 112 valence electrons. The van der Waals surface area contributed by atoms with Gasteiger partial charge in [0.15, 0.2) is 5.78 Å². The van der Waals surface area contributed by atoms with Crippen molar-refractivity contribution in [2.24, 2.45) is 11.8 Å². The topological polar surface area (TPSA) is 58.6 Å². The average Bonchev–Trinajstić information content (AvgIpc) is 2.94. The van der Waals surface area contributed by atoms with E-state index in [1.54, 1.807) is 12.3 Å². The van der Waals surface area contributed by atoms with E-state index in [9.17, 15) is 18.0 Å². The van der Waals surface area contributed by atoms with Gasteiger partial charge in [-0.05, 0) is 31.7 Å². The van der Waals surface area contributed by atoms with Crippen LogP contribution in [-0.2, 0) is 0 Å². The number of alkyl halides is 3. The minimum absolute atomic E-state index is 0.0151. The van der Waals surface area contributed by atoms with Crippen molar-refractivity contribution in [3.8, 4) is 0 Å². The van der Waals surface area contributed by atoms with E-state index in [-0.39, 0.29) is 37.4 Å². The monoisotopic (exact) mass is 297 g/mol. The first kappa shape index (κ1) is 14.0. The Morgan fingerprint density at radius 2 is 1.90 bits per heavy atom. The number of ketones is 1. The number of fused-ring (bicyclic) bond motifs is 1. The lowest BCUT2D eigenvalue weighted by molar-refractivity contribution is -0.183. The molecule has 2 heterocycles. The molecule has 7 heteroatoms. The molecule has 0 radical (unpaired) electrons. The van der Waals surface area contributed by atoms with E-state index >= 15 is 0 Å². The summed E-state index contributed by atoms with van der Waals surface area (Å²) in [4.78, 5) is 23.4. The number of H-pyrrole nitrogens is 1. The Hall–Kier alpha value is -1.92. The number of aromatic nitrogens is 3. The minimum atomic E-state index is -4.16.